The number of rotatable bonds is 37. The summed E-state index contributed by atoms with van der Waals surface area (Å²) in [6.45, 7) is 3.06. The van der Waals surface area contributed by atoms with Gasteiger partial charge in [0.25, 0.3) is 0 Å². The second-order valence-electron chi connectivity index (χ2n) is 15.9. The summed E-state index contributed by atoms with van der Waals surface area (Å²) in [4.78, 5) is 47.4. The predicted octanol–water partition coefficient (Wildman–Crippen LogP) is 8.12. The maximum absolute atomic E-state index is 12.8. The van der Waals surface area contributed by atoms with Gasteiger partial charge in [-0.15, -0.1) is 0 Å². The van der Waals surface area contributed by atoms with Crippen LogP contribution in [-0.4, -0.2) is 104 Å². The van der Waals surface area contributed by atoms with E-state index in [0.717, 1.165) is 77.0 Å². The van der Waals surface area contributed by atoms with Crippen molar-refractivity contribution in [3.8, 4) is 0 Å². The Morgan fingerprint density at radius 2 is 1.03 bits per heavy atom. The fraction of sp³-hybridized carbons (Fsp3) is 0.723. The lowest BCUT2D eigenvalue weighted by molar-refractivity contribution is -0.220. The fourth-order valence-corrected chi connectivity index (χ4v) is 7.50. The van der Waals surface area contributed by atoms with Gasteiger partial charge in [-0.3, -0.25) is 23.4 Å². The first kappa shape index (κ1) is 57.2. The lowest BCUT2D eigenvalue weighted by Gasteiger charge is -2.41. The number of aliphatic hydroxyl groups is 5. The van der Waals surface area contributed by atoms with Crippen LogP contribution >= 0.6 is 7.82 Å². The number of hydrogen-bond acceptors (Lipinski definition) is 13. The van der Waals surface area contributed by atoms with E-state index in [-0.39, 0.29) is 18.6 Å². The number of phosphoric acid groups is 1. The zero-order chi connectivity index (χ0) is 45.9. The van der Waals surface area contributed by atoms with E-state index in [2.05, 4.69) is 26.0 Å². The molecular formula is C47H79O14P. The largest absolute Gasteiger partial charge is 0.472 e. The van der Waals surface area contributed by atoms with Crippen molar-refractivity contribution in [1.82, 2.24) is 0 Å². The van der Waals surface area contributed by atoms with Gasteiger partial charge in [0.15, 0.2) is 11.9 Å². The molecule has 62 heavy (non-hydrogen) atoms. The highest BCUT2D eigenvalue weighted by Gasteiger charge is 2.51. The fourth-order valence-electron chi connectivity index (χ4n) is 6.52. The molecule has 0 aromatic carbocycles. The zero-order valence-electron chi connectivity index (χ0n) is 37.4. The number of carbonyl (C=O) groups excluding carboxylic acids is 3. The number of allylic oxidation sites excluding steroid dienone is 10. The van der Waals surface area contributed by atoms with Gasteiger partial charge in [0.05, 0.1) is 6.61 Å². The number of phosphoric ester groups is 1. The van der Waals surface area contributed by atoms with E-state index in [0.29, 0.717) is 32.1 Å². The lowest BCUT2D eigenvalue weighted by atomic mass is 9.85. The van der Waals surface area contributed by atoms with Crippen LogP contribution in [0.1, 0.15) is 162 Å². The highest BCUT2D eigenvalue weighted by molar-refractivity contribution is 7.47. The van der Waals surface area contributed by atoms with Crippen LogP contribution in [0.2, 0.25) is 0 Å². The molecule has 1 aliphatic rings. The first-order valence-electron chi connectivity index (χ1n) is 23.0. The molecule has 0 aromatic heterocycles. The Balaban J connectivity index is 2.53. The molecule has 0 amide bonds. The Morgan fingerprint density at radius 3 is 1.68 bits per heavy atom. The van der Waals surface area contributed by atoms with E-state index >= 15 is 0 Å². The van der Waals surface area contributed by atoms with Crippen LogP contribution in [0.5, 0.6) is 0 Å². The van der Waals surface area contributed by atoms with E-state index in [1.807, 2.05) is 36.5 Å². The van der Waals surface area contributed by atoms with Crippen LogP contribution < -0.4 is 0 Å². The maximum Gasteiger partial charge on any atom is 0.472 e. The van der Waals surface area contributed by atoms with E-state index in [4.69, 9.17) is 18.5 Å². The normalized spacial score (nSPS) is 22.3. The molecule has 0 spiro atoms. The van der Waals surface area contributed by atoms with Crippen molar-refractivity contribution in [2.45, 2.75) is 204 Å². The van der Waals surface area contributed by atoms with E-state index in [1.54, 1.807) is 12.2 Å². The van der Waals surface area contributed by atoms with Crippen LogP contribution in [0.3, 0.4) is 0 Å². The Kier molecular flexibility index (Phi) is 33.7. The Labute approximate surface area is 370 Å². The quantitative estimate of drug-likeness (QED) is 0.00865. The molecule has 356 valence electrons. The lowest BCUT2D eigenvalue weighted by Crippen LogP contribution is -2.64. The van der Waals surface area contributed by atoms with Gasteiger partial charge in [0.2, 0.25) is 0 Å². The van der Waals surface area contributed by atoms with Gasteiger partial charge in [0, 0.05) is 19.3 Å². The molecule has 1 aliphatic carbocycles. The molecule has 6 N–H and O–H groups in total. The molecule has 0 bridgehead atoms. The van der Waals surface area contributed by atoms with Crippen molar-refractivity contribution in [3.05, 3.63) is 60.8 Å². The summed E-state index contributed by atoms with van der Waals surface area (Å²) in [5.41, 5.74) is 0. The summed E-state index contributed by atoms with van der Waals surface area (Å²) >= 11 is 0. The molecule has 15 heteroatoms. The molecule has 0 aliphatic heterocycles. The number of hydrogen-bond donors (Lipinski definition) is 6. The van der Waals surface area contributed by atoms with Gasteiger partial charge in [-0.2, -0.15) is 0 Å². The molecule has 0 aromatic rings. The van der Waals surface area contributed by atoms with Crippen molar-refractivity contribution in [2.24, 2.45) is 0 Å². The van der Waals surface area contributed by atoms with Gasteiger partial charge < -0.3 is 39.9 Å². The molecule has 3 unspecified atom stereocenters. The smallest absolute Gasteiger partial charge is 0.462 e. The summed E-state index contributed by atoms with van der Waals surface area (Å²) in [6.07, 6.45) is 26.9. The monoisotopic (exact) mass is 899 g/mol. The maximum atomic E-state index is 12.8. The van der Waals surface area contributed by atoms with Crippen LogP contribution in [0, 0.1) is 0 Å². The van der Waals surface area contributed by atoms with Crippen molar-refractivity contribution < 1.29 is 67.9 Å². The standard InChI is InChI=1S/C47H79O14P/c1-3-5-7-8-9-10-11-12-13-14-17-21-24-27-31-35-41(50)60-39(37-59-62(56,57)61-47-45(54)43(52)42(51)44(53)46(47)55)36-58-40(49)34-30-26-23-20-18-15-16-19-22-25-29-33-38(48)32-28-6-4-2/h10-11,15-16,20,22-23,25,29,33,39,42-47,51-55H,3-9,12-14,17-19,21,24,26-28,30-32,34-37H2,1-2H3,(H,56,57)/b11-10-,16-15-,23-20-,25-22-,33-29+/t39-,42?,43-,44+,45-,46-,47?/m1/s1. The molecule has 0 radical (unpaired) electrons. The number of esters is 2. The highest BCUT2D eigenvalue weighted by Crippen LogP contribution is 2.47. The van der Waals surface area contributed by atoms with Gasteiger partial charge in [0.1, 0.15) is 43.2 Å². The van der Waals surface area contributed by atoms with Crippen molar-refractivity contribution in [1.29, 1.82) is 0 Å². The van der Waals surface area contributed by atoms with Gasteiger partial charge in [-0.25, -0.2) is 4.57 Å². The van der Waals surface area contributed by atoms with Crippen LogP contribution in [0.4, 0.5) is 0 Å². The number of ketones is 1. The molecule has 1 saturated carbocycles. The van der Waals surface area contributed by atoms with Crippen molar-refractivity contribution in [3.63, 3.8) is 0 Å². The minimum atomic E-state index is -5.15. The second-order valence-corrected chi connectivity index (χ2v) is 17.3. The predicted molar refractivity (Wildman–Crippen MR) is 240 cm³/mol. The number of aliphatic hydroxyl groups excluding tert-OH is 5. The summed E-state index contributed by atoms with van der Waals surface area (Å²) in [7, 11) is -5.15. The van der Waals surface area contributed by atoms with Gasteiger partial charge in [-0.05, 0) is 70.3 Å². The summed E-state index contributed by atoms with van der Waals surface area (Å²) in [6, 6.07) is 0. The molecule has 14 nitrogen and oxygen atoms in total. The molecular weight excluding hydrogens is 819 g/mol. The highest BCUT2D eigenvalue weighted by atomic mass is 31.2. The third-order valence-corrected chi connectivity index (χ3v) is 11.3. The van der Waals surface area contributed by atoms with Crippen LogP contribution in [0.25, 0.3) is 0 Å². The van der Waals surface area contributed by atoms with Gasteiger partial charge in [-0.1, -0.05) is 133 Å². The first-order chi connectivity index (χ1) is 29.8. The third kappa shape index (κ3) is 28.8. The SMILES string of the molecule is CCCCCC/C=C\CCCCCCCCCC(=O)O[C@H](COC(=O)CCC/C=C\C/C=C\C/C=C\C=C\C(=O)CCCCC)COP(=O)(O)OC1[C@H](O)[C@H](O)C(O)[C@H](O)[C@H]1O. The summed E-state index contributed by atoms with van der Waals surface area (Å²) < 4.78 is 33.4. The molecule has 1 rings (SSSR count). The average molecular weight is 899 g/mol. The zero-order valence-corrected chi connectivity index (χ0v) is 38.3. The Hall–Kier alpha value is -2.78. The second kappa shape index (κ2) is 36.5. The summed E-state index contributed by atoms with van der Waals surface area (Å²) in [5, 5.41) is 50.1. The number of carbonyl (C=O) groups is 3. The molecule has 8 atom stereocenters. The van der Waals surface area contributed by atoms with Crippen LogP contribution in [0.15, 0.2) is 60.8 Å². The average Bonchev–Trinajstić information content (AvgIpc) is 3.25. The van der Waals surface area contributed by atoms with Gasteiger partial charge >= 0.3 is 19.8 Å². The molecule has 0 saturated heterocycles. The number of ether oxygens (including phenoxy) is 2. The number of unbranched alkanes of at least 4 members (excludes halogenated alkanes) is 14. The molecule has 1 fully saturated rings. The van der Waals surface area contributed by atoms with E-state index < -0.39 is 75.7 Å². The van der Waals surface area contributed by atoms with Crippen molar-refractivity contribution in [2.75, 3.05) is 13.2 Å². The third-order valence-electron chi connectivity index (χ3n) is 10.3. The van der Waals surface area contributed by atoms with E-state index in [1.165, 1.54) is 25.7 Å². The van der Waals surface area contributed by atoms with Crippen LogP contribution in [-0.2, 0) is 37.5 Å². The topological polar surface area (TPSA) is 227 Å². The summed E-state index contributed by atoms with van der Waals surface area (Å²) in [5.74, 6) is -1.07. The Bertz CT molecular complexity index is 1380. The Morgan fingerprint density at radius 1 is 0.548 bits per heavy atom. The minimum Gasteiger partial charge on any atom is -0.462 e. The van der Waals surface area contributed by atoms with Crippen molar-refractivity contribution >= 4 is 25.5 Å². The minimum absolute atomic E-state index is 0.0620. The van der Waals surface area contributed by atoms with E-state index in [9.17, 15) is 49.4 Å². The molecule has 0 heterocycles. The first-order valence-corrected chi connectivity index (χ1v) is 24.5.